The van der Waals surface area contributed by atoms with Crippen LogP contribution in [0.5, 0.6) is 0 Å². The summed E-state index contributed by atoms with van der Waals surface area (Å²) >= 11 is 0. The van der Waals surface area contributed by atoms with Gasteiger partial charge < -0.3 is 11.1 Å². The van der Waals surface area contributed by atoms with Crippen molar-refractivity contribution in [1.29, 1.82) is 5.26 Å². The van der Waals surface area contributed by atoms with Gasteiger partial charge in [-0.05, 0) is 68.1 Å². The smallest absolute Gasteiger partial charge is 0.222 e. The second kappa shape index (κ2) is 9.21. The molecular formula is C22H21N4Y-. The molecule has 133 valence electrons. The molecule has 0 aliphatic carbocycles. The van der Waals surface area contributed by atoms with E-state index in [2.05, 4.69) is 60.0 Å². The molecule has 0 aliphatic rings. The maximum absolute atomic E-state index is 8.89. The van der Waals surface area contributed by atoms with Gasteiger partial charge in [-0.1, -0.05) is 24.6 Å². The zero-order chi connectivity index (χ0) is 18.7. The summed E-state index contributed by atoms with van der Waals surface area (Å²) < 4.78 is 0. The monoisotopic (exact) mass is 430 g/mol. The number of nitriles is 1. The third kappa shape index (κ3) is 5.45. The van der Waals surface area contributed by atoms with Gasteiger partial charge in [0.05, 0.1) is 17.3 Å². The van der Waals surface area contributed by atoms with Crippen LogP contribution >= 0.6 is 0 Å². The molecule has 1 radical (unpaired) electrons. The summed E-state index contributed by atoms with van der Waals surface area (Å²) in [6.45, 7) is 8.33. The number of benzene rings is 2. The van der Waals surface area contributed by atoms with Gasteiger partial charge in [0, 0.05) is 32.7 Å². The Labute approximate surface area is 185 Å². The molecule has 2 aromatic carbocycles. The van der Waals surface area contributed by atoms with Crippen LogP contribution in [0.4, 0.5) is 5.69 Å². The SMILES string of the molecule is Cc1cc(C)c(Cc2[c-]c(C)nc(=Nc3ccc(C#N)cc3)[nH]2)c(C)c1.[Y]. The maximum atomic E-state index is 8.89. The van der Waals surface area contributed by atoms with Crippen LogP contribution in [0.1, 0.15) is 39.2 Å². The minimum Gasteiger partial charge on any atom is -0.429 e. The number of nitrogens with one attached hydrogen (secondary N) is 1. The minimum absolute atomic E-state index is 0. The third-order valence-corrected chi connectivity index (χ3v) is 4.29. The first-order valence-corrected chi connectivity index (χ1v) is 8.55. The molecule has 0 spiro atoms. The average molecular weight is 430 g/mol. The van der Waals surface area contributed by atoms with Crippen molar-refractivity contribution in [2.75, 3.05) is 0 Å². The summed E-state index contributed by atoms with van der Waals surface area (Å²) in [5.41, 5.74) is 8.82. The second-order valence-corrected chi connectivity index (χ2v) is 6.57. The molecule has 27 heavy (non-hydrogen) atoms. The molecule has 1 N–H and O–H groups in total. The van der Waals surface area contributed by atoms with Crippen LogP contribution in [0, 0.1) is 45.1 Å². The van der Waals surface area contributed by atoms with Crippen molar-refractivity contribution in [2.24, 2.45) is 4.99 Å². The first-order valence-electron chi connectivity index (χ1n) is 8.55. The van der Waals surface area contributed by atoms with Crippen LogP contribution in [-0.4, -0.2) is 9.97 Å². The van der Waals surface area contributed by atoms with Gasteiger partial charge in [-0.15, -0.1) is 5.69 Å². The summed E-state index contributed by atoms with van der Waals surface area (Å²) in [4.78, 5) is 12.3. The van der Waals surface area contributed by atoms with Crippen LogP contribution in [-0.2, 0) is 39.1 Å². The molecule has 0 saturated heterocycles. The Bertz CT molecular complexity index is 1030. The molecule has 3 rings (SSSR count). The van der Waals surface area contributed by atoms with Crippen molar-refractivity contribution >= 4 is 5.69 Å². The Kier molecular flexibility index (Phi) is 7.24. The summed E-state index contributed by atoms with van der Waals surface area (Å²) in [5, 5.41) is 8.89. The van der Waals surface area contributed by atoms with Gasteiger partial charge in [-0.3, -0.25) is 4.98 Å². The number of hydrogen-bond acceptors (Lipinski definition) is 3. The number of aryl methyl sites for hydroxylation is 4. The molecule has 3 aromatic rings. The maximum Gasteiger partial charge on any atom is 0.222 e. The normalized spacial score (nSPS) is 11.0. The number of H-pyrrole nitrogens is 1. The average Bonchev–Trinajstić information content (AvgIpc) is 2.58. The van der Waals surface area contributed by atoms with E-state index in [4.69, 9.17) is 5.26 Å². The molecule has 0 fully saturated rings. The Morgan fingerprint density at radius 2 is 1.70 bits per heavy atom. The van der Waals surface area contributed by atoms with E-state index in [1.54, 1.807) is 12.1 Å². The Morgan fingerprint density at radius 3 is 2.30 bits per heavy atom. The molecule has 0 bridgehead atoms. The molecular weight excluding hydrogens is 409 g/mol. The van der Waals surface area contributed by atoms with E-state index >= 15 is 0 Å². The van der Waals surface area contributed by atoms with Crippen LogP contribution in [0.2, 0.25) is 0 Å². The van der Waals surface area contributed by atoms with Crippen molar-refractivity contribution in [3.63, 3.8) is 0 Å². The first kappa shape index (κ1) is 21.2. The van der Waals surface area contributed by atoms with Crippen molar-refractivity contribution in [1.82, 2.24) is 9.97 Å². The van der Waals surface area contributed by atoms with Crippen molar-refractivity contribution in [2.45, 2.75) is 34.1 Å². The quantitative estimate of drug-likeness (QED) is 0.635. The van der Waals surface area contributed by atoms with Gasteiger partial charge >= 0.3 is 0 Å². The summed E-state index contributed by atoms with van der Waals surface area (Å²) in [7, 11) is 0. The van der Waals surface area contributed by atoms with Crippen LogP contribution in [0.3, 0.4) is 0 Å². The number of aromatic nitrogens is 2. The van der Waals surface area contributed by atoms with E-state index in [1.165, 1.54) is 22.3 Å². The van der Waals surface area contributed by atoms with Gasteiger partial charge in [-0.25, -0.2) is 4.99 Å². The number of rotatable bonds is 3. The van der Waals surface area contributed by atoms with Crippen molar-refractivity contribution < 1.29 is 32.7 Å². The zero-order valence-electron chi connectivity index (χ0n) is 16.1. The molecule has 1 aromatic heterocycles. The van der Waals surface area contributed by atoms with Crippen LogP contribution in [0.25, 0.3) is 0 Å². The zero-order valence-corrected chi connectivity index (χ0v) is 18.9. The van der Waals surface area contributed by atoms with Crippen molar-refractivity contribution in [3.8, 4) is 6.07 Å². The standard InChI is InChI=1S/C22H21N4.Y/c1-14-9-15(2)21(16(3)10-14)12-20-11-17(4)24-22(26-20)25-19-7-5-18(13-23)6-8-19;/h5-10H,12H2,1-4H3,(H,24,25,26);/q-1;. The van der Waals surface area contributed by atoms with Gasteiger partial charge in [0.15, 0.2) is 0 Å². The Morgan fingerprint density at radius 1 is 1.07 bits per heavy atom. The van der Waals surface area contributed by atoms with E-state index in [1.807, 2.05) is 19.1 Å². The van der Waals surface area contributed by atoms with E-state index in [0.29, 0.717) is 11.2 Å². The molecule has 0 unspecified atom stereocenters. The second-order valence-electron chi connectivity index (χ2n) is 6.57. The van der Waals surface area contributed by atoms with Gasteiger partial charge in [-0.2, -0.15) is 11.0 Å². The fraction of sp³-hybridized carbons (Fsp3) is 0.227. The van der Waals surface area contributed by atoms with E-state index in [-0.39, 0.29) is 32.7 Å². The summed E-state index contributed by atoms with van der Waals surface area (Å²) in [5.74, 6) is 0. The molecule has 0 aliphatic heterocycles. The van der Waals surface area contributed by atoms with Gasteiger partial charge in [0.1, 0.15) is 0 Å². The number of hydrogen-bond donors (Lipinski definition) is 1. The summed E-state index contributed by atoms with van der Waals surface area (Å²) in [6.07, 6.45) is 0.761. The molecule has 4 nitrogen and oxygen atoms in total. The molecule has 0 saturated carbocycles. The molecule has 0 amide bonds. The fourth-order valence-electron chi connectivity index (χ4n) is 3.14. The summed E-state index contributed by atoms with van der Waals surface area (Å²) in [6, 6.07) is 16.9. The van der Waals surface area contributed by atoms with E-state index in [9.17, 15) is 0 Å². The predicted molar refractivity (Wildman–Crippen MR) is 102 cm³/mol. The molecule has 5 heteroatoms. The number of aromatic amines is 1. The third-order valence-electron chi connectivity index (χ3n) is 4.29. The first-order chi connectivity index (χ1) is 12.4. The molecule has 0 atom stereocenters. The largest absolute Gasteiger partial charge is 0.429 e. The van der Waals surface area contributed by atoms with Crippen molar-refractivity contribution in [3.05, 3.63) is 87.3 Å². The Hall–Kier alpha value is -2.09. The minimum atomic E-state index is 0. The van der Waals surface area contributed by atoms with E-state index in [0.717, 1.165) is 23.5 Å². The van der Waals surface area contributed by atoms with Crippen LogP contribution < -0.4 is 5.62 Å². The topological polar surface area (TPSA) is 64.8 Å². The van der Waals surface area contributed by atoms with Gasteiger partial charge in [0.2, 0.25) is 5.62 Å². The van der Waals surface area contributed by atoms with E-state index < -0.39 is 0 Å². The predicted octanol–water partition coefficient (Wildman–Crippen LogP) is 4.14. The number of nitrogens with zero attached hydrogens (tertiary/aromatic N) is 3. The Balaban J connectivity index is 0.00000261. The van der Waals surface area contributed by atoms with Gasteiger partial charge in [0.25, 0.3) is 0 Å². The molecule has 1 heterocycles. The van der Waals surface area contributed by atoms with Crippen LogP contribution in [0.15, 0.2) is 41.4 Å². The fourth-order valence-corrected chi connectivity index (χ4v) is 3.14.